The molecule has 2 N–H and O–H groups in total. The van der Waals surface area contributed by atoms with Gasteiger partial charge >= 0.3 is 11.8 Å². The molecule has 0 atom stereocenters. The highest BCUT2D eigenvalue weighted by molar-refractivity contribution is 6.39. The Kier molecular flexibility index (Phi) is 7.87. The van der Waals surface area contributed by atoms with Crippen LogP contribution >= 0.6 is 23.2 Å². The van der Waals surface area contributed by atoms with Gasteiger partial charge in [0.25, 0.3) is 0 Å². The van der Waals surface area contributed by atoms with Gasteiger partial charge in [-0.1, -0.05) is 35.3 Å². The molecule has 0 saturated heterocycles. The Morgan fingerprint density at radius 3 is 2.28 bits per heavy atom. The molecular formula is C24H21Cl2N3O3. The van der Waals surface area contributed by atoms with E-state index in [1.807, 2.05) is 19.9 Å². The van der Waals surface area contributed by atoms with Crippen molar-refractivity contribution in [1.82, 2.24) is 5.43 Å². The van der Waals surface area contributed by atoms with Gasteiger partial charge in [-0.3, -0.25) is 9.59 Å². The lowest BCUT2D eigenvalue weighted by Crippen LogP contribution is -2.32. The zero-order valence-corrected chi connectivity index (χ0v) is 19.0. The maximum Gasteiger partial charge on any atom is 0.329 e. The fraction of sp³-hybridized carbons (Fsp3) is 0.125. The van der Waals surface area contributed by atoms with Crippen molar-refractivity contribution in [2.24, 2.45) is 5.10 Å². The van der Waals surface area contributed by atoms with E-state index >= 15 is 0 Å². The third-order valence-corrected chi connectivity index (χ3v) is 5.38. The molecule has 0 aliphatic rings. The number of aryl methyl sites for hydroxylation is 2. The molecule has 0 spiro atoms. The number of benzene rings is 3. The van der Waals surface area contributed by atoms with Crippen molar-refractivity contribution in [3.05, 3.63) is 93.0 Å². The third kappa shape index (κ3) is 6.33. The standard InChI is InChI=1S/C24H21Cl2N3O3/c1-15-6-9-18(12-16(15)2)28-23(30)24(31)29-27-13-17-7-10-19(11-8-17)32-14-20-21(25)4-3-5-22(20)26/h3-13H,14H2,1-2H3,(H,28,30)(H,29,31)/b27-13-. The van der Waals surface area contributed by atoms with Crippen LogP contribution in [0.15, 0.2) is 65.8 Å². The fourth-order valence-electron chi connectivity index (χ4n) is 2.70. The molecule has 6 nitrogen and oxygen atoms in total. The quantitative estimate of drug-likeness (QED) is 0.292. The van der Waals surface area contributed by atoms with E-state index in [1.165, 1.54) is 6.21 Å². The first-order valence-corrected chi connectivity index (χ1v) is 10.5. The molecule has 2 amide bonds. The number of hydrazone groups is 1. The molecule has 8 heteroatoms. The summed E-state index contributed by atoms with van der Waals surface area (Å²) in [4.78, 5) is 23.9. The number of hydrogen-bond acceptors (Lipinski definition) is 4. The highest BCUT2D eigenvalue weighted by Gasteiger charge is 2.13. The van der Waals surface area contributed by atoms with Crippen LogP contribution in [0.25, 0.3) is 0 Å². The lowest BCUT2D eigenvalue weighted by atomic mass is 10.1. The summed E-state index contributed by atoms with van der Waals surface area (Å²) in [5.74, 6) is -1.04. The Labute approximate surface area is 196 Å². The Morgan fingerprint density at radius 2 is 1.62 bits per heavy atom. The van der Waals surface area contributed by atoms with E-state index in [-0.39, 0.29) is 6.61 Å². The van der Waals surface area contributed by atoms with Gasteiger partial charge in [-0.15, -0.1) is 0 Å². The lowest BCUT2D eigenvalue weighted by Gasteiger charge is -2.09. The molecular weight excluding hydrogens is 449 g/mol. The SMILES string of the molecule is Cc1ccc(NC(=O)C(=O)N/N=C\c2ccc(OCc3c(Cl)cccc3Cl)cc2)cc1C. The van der Waals surface area contributed by atoms with E-state index in [4.69, 9.17) is 27.9 Å². The van der Waals surface area contributed by atoms with Crippen LogP contribution in [0.2, 0.25) is 10.0 Å². The smallest absolute Gasteiger partial charge is 0.329 e. The van der Waals surface area contributed by atoms with Crippen molar-refractivity contribution in [2.75, 3.05) is 5.32 Å². The zero-order chi connectivity index (χ0) is 23.1. The van der Waals surface area contributed by atoms with E-state index in [9.17, 15) is 9.59 Å². The average Bonchev–Trinajstić information content (AvgIpc) is 2.77. The molecule has 3 aromatic rings. The summed E-state index contributed by atoms with van der Waals surface area (Å²) in [6.45, 7) is 4.13. The van der Waals surface area contributed by atoms with E-state index in [0.717, 1.165) is 11.1 Å². The minimum atomic E-state index is -0.865. The minimum Gasteiger partial charge on any atom is -0.489 e. The van der Waals surface area contributed by atoms with Crippen LogP contribution in [0.5, 0.6) is 5.75 Å². The average molecular weight is 470 g/mol. The van der Waals surface area contributed by atoms with Crippen molar-refractivity contribution in [3.8, 4) is 5.75 Å². The summed E-state index contributed by atoms with van der Waals surface area (Å²) >= 11 is 12.3. The van der Waals surface area contributed by atoms with Crippen molar-refractivity contribution >= 4 is 46.9 Å². The van der Waals surface area contributed by atoms with Crippen LogP contribution in [0.4, 0.5) is 5.69 Å². The zero-order valence-electron chi connectivity index (χ0n) is 17.5. The summed E-state index contributed by atoms with van der Waals surface area (Å²) in [5.41, 5.74) is 6.29. The molecule has 0 heterocycles. The predicted octanol–water partition coefficient (Wildman–Crippen LogP) is 5.28. The number of hydrogen-bond donors (Lipinski definition) is 2. The van der Waals surface area contributed by atoms with Gasteiger partial charge in [0.15, 0.2) is 0 Å². The molecule has 0 radical (unpaired) electrons. The van der Waals surface area contributed by atoms with Gasteiger partial charge in [0.2, 0.25) is 0 Å². The molecule has 32 heavy (non-hydrogen) atoms. The summed E-state index contributed by atoms with van der Waals surface area (Å²) in [7, 11) is 0. The topological polar surface area (TPSA) is 79.8 Å². The summed E-state index contributed by atoms with van der Waals surface area (Å²) < 4.78 is 5.72. The second-order valence-corrected chi connectivity index (χ2v) is 7.82. The van der Waals surface area contributed by atoms with Crippen molar-refractivity contribution in [1.29, 1.82) is 0 Å². The summed E-state index contributed by atoms with van der Waals surface area (Å²) in [5, 5.41) is 7.44. The Bertz CT molecular complexity index is 1140. The van der Waals surface area contributed by atoms with Crippen LogP contribution < -0.4 is 15.5 Å². The van der Waals surface area contributed by atoms with Crippen LogP contribution in [0, 0.1) is 13.8 Å². The molecule has 0 aromatic heterocycles. The van der Waals surface area contributed by atoms with Crippen LogP contribution in [0.3, 0.4) is 0 Å². The molecule has 164 valence electrons. The number of carbonyl (C=O) groups is 2. The van der Waals surface area contributed by atoms with Gasteiger partial charge in [0.05, 0.1) is 6.21 Å². The Morgan fingerprint density at radius 1 is 0.938 bits per heavy atom. The van der Waals surface area contributed by atoms with Crippen LogP contribution in [0.1, 0.15) is 22.3 Å². The van der Waals surface area contributed by atoms with E-state index < -0.39 is 11.8 Å². The normalized spacial score (nSPS) is 10.8. The molecule has 3 rings (SSSR count). The predicted molar refractivity (Wildman–Crippen MR) is 128 cm³/mol. The van der Waals surface area contributed by atoms with Crippen molar-refractivity contribution < 1.29 is 14.3 Å². The van der Waals surface area contributed by atoms with E-state index in [2.05, 4.69) is 15.8 Å². The van der Waals surface area contributed by atoms with E-state index in [1.54, 1.807) is 54.6 Å². The number of nitrogens with zero attached hydrogens (tertiary/aromatic N) is 1. The molecule has 0 saturated carbocycles. The number of amides is 2. The molecule has 0 aliphatic carbocycles. The number of anilines is 1. The largest absolute Gasteiger partial charge is 0.489 e. The first-order chi connectivity index (χ1) is 15.3. The Hall–Kier alpha value is -3.35. The highest BCUT2D eigenvalue weighted by Crippen LogP contribution is 2.25. The number of rotatable bonds is 6. The maximum atomic E-state index is 12.0. The van der Waals surface area contributed by atoms with Gasteiger partial charge in [0, 0.05) is 21.3 Å². The van der Waals surface area contributed by atoms with Crippen molar-refractivity contribution in [2.45, 2.75) is 20.5 Å². The Balaban J connectivity index is 1.50. The van der Waals surface area contributed by atoms with Gasteiger partial charge in [-0.05, 0) is 79.1 Å². The minimum absolute atomic E-state index is 0.234. The molecule has 3 aromatic carbocycles. The molecule has 0 fully saturated rings. The maximum absolute atomic E-state index is 12.0. The first kappa shape index (κ1) is 23.3. The number of ether oxygens (including phenoxy) is 1. The third-order valence-electron chi connectivity index (χ3n) is 4.68. The molecule has 0 aliphatic heterocycles. The van der Waals surface area contributed by atoms with Gasteiger partial charge in [-0.25, -0.2) is 5.43 Å². The van der Waals surface area contributed by atoms with Gasteiger partial charge in [0.1, 0.15) is 12.4 Å². The highest BCUT2D eigenvalue weighted by atomic mass is 35.5. The van der Waals surface area contributed by atoms with Crippen LogP contribution in [-0.2, 0) is 16.2 Å². The van der Waals surface area contributed by atoms with E-state index in [0.29, 0.717) is 32.6 Å². The molecule has 0 bridgehead atoms. The lowest BCUT2D eigenvalue weighted by molar-refractivity contribution is -0.136. The number of halogens is 2. The second kappa shape index (κ2) is 10.8. The monoisotopic (exact) mass is 469 g/mol. The van der Waals surface area contributed by atoms with Gasteiger partial charge in [-0.2, -0.15) is 5.10 Å². The van der Waals surface area contributed by atoms with Gasteiger partial charge < -0.3 is 10.1 Å². The van der Waals surface area contributed by atoms with Crippen LogP contribution in [-0.4, -0.2) is 18.0 Å². The molecule has 0 unspecified atom stereocenters. The first-order valence-electron chi connectivity index (χ1n) is 9.71. The summed E-state index contributed by atoms with van der Waals surface area (Å²) in [6, 6.07) is 17.7. The van der Waals surface area contributed by atoms with Crippen molar-refractivity contribution in [3.63, 3.8) is 0 Å². The fourth-order valence-corrected chi connectivity index (χ4v) is 3.21. The number of nitrogens with one attached hydrogen (secondary N) is 2. The summed E-state index contributed by atoms with van der Waals surface area (Å²) in [6.07, 6.45) is 1.43. The second-order valence-electron chi connectivity index (χ2n) is 7.01. The number of carbonyl (C=O) groups excluding carboxylic acids is 2.